The number of nitrogens with one attached hydrogen (secondary N) is 1. The van der Waals surface area contributed by atoms with Crippen molar-refractivity contribution in [3.05, 3.63) is 92.2 Å². The Labute approximate surface area is 183 Å². The van der Waals surface area contributed by atoms with Gasteiger partial charge in [-0.15, -0.1) is 11.3 Å². The summed E-state index contributed by atoms with van der Waals surface area (Å²) in [4.78, 5) is 26.0. The molecule has 30 heavy (non-hydrogen) atoms. The average molecular weight is 464 g/mol. The van der Waals surface area contributed by atoms with Crippen LogP contribution in [0.5, 0.6) is 0 Å². The summed E-state index contributed by atoms with van der Waals surface area (Å²) in [6, 6.07) is 7.70. The highest BCUT2D eigenvalue weighted by Gasteiger charge is 2.25. The third-order valence-corrected chi connectivity index (χ3v) is 5.88. The van der Waals surface area contributed by atoms with Crippen LogP contribution >= 0.6 is 34.5 Å². The third kappa shape index (κ3) is 3.89. The van der Waals surface area contributed by atoms with E-state index < -0.39 is 11.7 Å². The van der Waals surface area contributed by atoms with Crippen molar-refractivity contribution in [2.45, 2.75) is 6.42 Å². The second-order valence-electron chi connectivity index (χ2n) is 6.40. The van der Waals surface area contributed by atoms with Gasteiger partial charge in [-0.3, -0.25) is 9.59 Å². The minimum absolute atomic E-state index is 0.0167. The van der Waals surface area contributed by atoms with Crippen LogP contribution in [-0.4, -0.2) is 16.1 Å². The molecule has 0 fully saturated rings. The number of pyridine rings is 1. The molecular weight excluding hydrogens is 452 g/mol. The molecule has 0 unspecified atom stereocenters. The normalized spacial score (nSPS) is 11.0. The van der Waals surface area contributed by atoms with Gasteiger partial charge in [-0.05, 0) is 23.8 Å². The monoisotopic (exact) mass is 463 g/mol. The van der Waals surface area contributed by atoms with Crippen molar-refractivity contribution in [3.63, 3.8) is 0 Å². The number of ketones is 1. The highest BCUT2D eigenvalue weighted by Crippen LogP contribution is 2.29. The zero-order valence-corrected chi connectivity index (χ0v) is 17.4. The number of nitrogens with zero attached hydrogens (tertiary/aromatic N) is 2. The number of halogens is 3. The lowest BCUT2D eigenvalue weighted by Crippen LogP contribution is -2.27. The topological polar surface area (TPSA) is 77.5 Å². The maximum Gasteiger partial charge on any atom is 0.296 e. The Balaban J connectivity index is 1.63. The molecule has 0 atom stereocenters. The van der Waals surface area contributed by atoms with Crippen molar-refractivity contribution in [3.8, 4) is 0 Å². The number of fused-ring (bicyclic) bond motifs is 1. The molecule has 0 saturated heterocycles. The first-order chi connectivity index (χ1) is 14.3. The van der Waals surface area contributed by atoms with Gasteiger partial charge in [-0.25, -0.2) is 4.39 Å². The molecule has 0 spiro atoms. The molecule has 0 saturated carbocycles. The Bertz CT molecular complexity index is 1260. The van der Waals surface area contributed by atoms with Crippen LogP contribution in [0.15, 0.2) is 54.3 Å². The predicted octanol–water partition coefficient (Wildman–Crippen LogP) is 4.49. The van der Waals surface area contributed by atoms with Crippen LogP contribution in [-0.2, 0) is 11.2 Å². The molecule has 1 N–H and O–H groups in total. The summed E-state index contributed by atoms with van der Waals surface area (Å²) in [5.41, 5.74) is 1.84. The van der Waals surface area contributed by atoms with Gasteiger partial charge in [-0.2, -0.15) is 4.73 Å². The lowest BCUT2D eigenvalue weighted by Gasteiger charge is -2.07. The lowest BCUT2D eigenvalue weighted by atomic mass is 10.1. The van der Waals surface area contributed by atoms with E-state index in [1.54, 1.807) is 29.8 Å². The molecule has 1 amide bonds. The van der Waals surface area contributed by atoms with Crippen molar-refractivity contribution < 1.29 is 18.7 Å². The Hall–Kier alpha value is -2.94. The molecule has 3 heterocycles. The summed E-state index contributed by atoms with van der Waals surface area (Å²) in [6.45, 7) is 0. The number of anilines is 1. The number of amides is 1. The first-order valence-corrected chi connectivity index (χ1v) is 10.2. The fraction of sp³-hybridized carbons (Fsp3) is 0.0500. The van der Waals surface area contributed by atoms with E-state index in [2.05, 4.69) is 5.32 Å². The summed E-state index contributed by atoms with van der Waals surface area (Å²) in [5, 5.41) is 15.3. The van der Waals surface area contributed by atoms with Crippen LogP contribution < -0.4 is 10.0 Å². The zero-order valence-electron chi connectivity index (χ0n) is 15.1. The number of rotatable bonds is 5. The standard InChI is InChI=1S/C20H12Cl2FN3O3S/c21-15-9-25(29)10-16(22)17(15)24-19(28)18(27)14-8-13(26-5-6-30-20(14)26)7-11-1-3-12(23)4-2-11/h1-6,8-10H,7H2,(H,24,28). The molecule has 4 rings (SSSR count). The van der Waals surface area contributed by atoms with Crippen LogP contribution in [0.4, 0.5) is 10.1 Å². The van der Waals surface area contributed by atoms with Gasteiger partial charge in [0.2, 0.25) is 12.4 Å². The van der Waals surface area contributed by atoms with E-state index in [4.69, 9.17) is 23.2 Å². The quantitative estimate of drug-likeness (QED) is 0.205. The Kier molecular flexibility index (Phi) is 5.46. The molecule has 0 aliphatic rings. The van der Waals surface area contributed by atoms with E-state index in [1.165, 1.54) is 23.5 Å². The molecule has 0 bridgehead atoms. The first kappa shape index (κ1) is 20.3. The molecular formula is C20H12Cl2FN3O3S. The zero-order chi connectivity index (χ0) is 21.4. The number of aromatic nitrogens is 2. The first-order valence-electron chi connectivity index (χ1n) is 8.59. The molecule has 152 valence electrons. The van der Waals surface area contributed by atoms with Crippen LogP contribution in [0.2, 0.25) is 10.0 Å². The molecule has 0 radical (unpaired) electrons. The van der Waals surface area contributed by atoms with Crippen LogP contribution in [0, 0.1) is 11.0 Å². The molecule has 10 heteroatoms. The molecule has 0 aliphatic heterocycles. The number of benzene rings is 1. The van der Waals surface area contributed by atoms with E-state index in [1.807, 2.05) is 4.40 Å². The molecule has 4 aromatic rings. The largest absolute Gasteiger partial charge is 0.619 e. The highest BCUT2D eigenvalue weighted by atomic mass is 35.5. The number of hydrogen-bond donors (Lipinski definition) is 1. The fourth-order valence-electron chi connectivity index (χ4n) is 3.02. The number of thiazole rings is 1. The van der Waals surface area contributed by atoms with Gasteiger partial charge in [-0.1, -0.05) is 35.3 Å². The van der Waals surface area contributed by atoms with Crippen LogP contribution in [0.1, 0.15) is 21.6 Å². The summed E-state index contributed by atoms with van der Waals surface area (Å²) in [7, 11) is 0. The maximum atomic E-state index is 13.2. The second kappa shape index (κ2) is 8.06. The van der Waals surface area contributed by atoms with Crippen molar-refractivity contribution in [1.29, 1.82) is 0 Å². The Morgan fingerprint density at radius 3 is 2.50 bits per heavy atom. The highest BCUT2D eigenvalue weighted by molar-refractivity contribution is 7.16. The van der Waals surface area contributed by atoms with Crippen molar-refractivity contribution in [2.24, 2.45) is 0 Å². The molecule has 1 aromatic carbocycles. The Morgan fingerprint density at radius 1 is 1.17 bits per heavy atom. The summed E-state index contributed by atoms with van der Waals surface area (Å²) >= 11 is 13.2. The second-order valence-corrected chi connectivity index (χ2v) is 8.11. The Morgan fingerprint density at radius 2 is 1.83 bits per heavy atom. The van der Waals surface area contributed by atoms with Gasteiger partial charge in [0.05, 0.1) is 11.3 Å². The lowest BCUT2D eigenvalue weighted by molar-refractivity contribution is -0.605. The van der Waals surface area contributed by atoms with Gasteiger partial charge in [0.1, 0.15) is 20.7 Å². The SMILES string of the molecule is O=C(Nc1c(Cl)c[n+]([O-])cc1Cl)C(=O)c1cc(Cc2ccc(F)cc2)n2ccsc12. The van der Waals surface area contributed by atoms with Crippen LogP contribution in [0.25, 0.3) is 4.83 Å². The number of hydrogen-bond acceptors (Lipinski definition) is 4. The number of carbonyl (C=O) groups excluding carboxylic acids is 2. The van der Waals surface area contributed by atoms with Gasteiger partial charge in [0, 0.05) is 23.7 Å². The van der Waals surface area contributed by atoms with Crippen molar-refractivity contribution in [1.82, 2.24) is 4.40 Å². The number of carbonyl (C=O) groups is 2. The van der Waals surface area contributed by atoms with Crippen molar-refractivity contribution >= 4 is 56.7 Å². The van der Waals surface area contributed by atoms with E-state index in [-0.39, 0.29) is 27.1 Å². The van der Waals surface area contributed by atoms with E-state index in [0.29, 0.717) is 16.0 Å². The minimum Gasteiger partial charge on any atom is -0.619 e. The smallest absolute Gasteiger partial charge is 0.296 e. The van der Waals surface area contributed by atoms with E-state index >= 15 is 0 Å². The number of Topliss-reactive ketones (excluding diaryl/α,β-unsaturated/α-hetero) is 1. The van der Waals surface area contributed by atoms with Crippen LogP contribution in [0.3, 0.4) is 0 Å². The summed E-state index contributed by atoms with van der Waals surface area (Å²) in [5.74, 6) is -2.04. The molecule has 3 aromatic heterocycles. The molecule has 6 nitrogen and oxygen atoms in total. The fourth-order valence-corrected chi connectivity index (χ4v) is 4.44. The summed E-state index contributed by atoms with van der Waals surface area (Å²) < 4.78 is 15.4. The van der Waals surface area contributed by atoms with Gasteiger partial charge in [0.15, 0.2) is 0 Å². The third-order valence-electron chi connectivity index (χ3n) is 4.41. The minimum atomic E-state index is -0.934. The predicted molar refractivity (Wildman–Crippen MR) is 113 cm³/mol. The van der Waals surface area contributed by atoms with E-state index in [9.17, 15) is 19.2 Å². The van der Waals surface area contributed by atoms with Gasteiger partial charge < -0.3 is 14.9 Å². The van der Waals surface area contributed by atoms with Gasteiger partial charge in [0.25, 0.3) is 11.7 Å². The maximum absolute atomic E-state index is 13.2. The van der Waals surface area contributed by atoms with Gasteiger partial charge >= 0.3 is 0 Å². The summed E-state index contributed by atoms with van der Waals surface area (Å²) in [6.07, 6.45) is 4.28. The van der Waals surface area contributed by atoms with E-state index in [0.717, 1.165) is 23.7 Å². The molecule has 0 aliphatic carbocycles. The average Bonchev–Trinajstić information content (AvgIpc) is 3.29. The van der Waals surface area contributed by atoms with Crippen molar-refractivity contribution in [2.75, 3.05) is 5.32 Å².